The summed E-state index contributed by atoms with van der Waals surface area (Å²) in [5.74, 6) is -5.67. The Kier molecular flexibility index (Phi) is 10.0. The molecule has 102 valence electrons. The Balaban J connectivity index is 0. The molecule has 0 rings (SSSR count). The van der Waals surface area contributed by atoms with Crippen LogP contribution >= 0.6 is 0 Å². The molecular weight excluding hydrogens is 248 g/mol. The number of aliphatic carboxylic acids is 3. The zero-order chi connectivity index (χ0) is 14.7. The number of hydrogen-bond acceptors (Lipinski definition) is 5. The zero-order valence-electron chi connectivity index (χ0n) is 9.71. The van der Waals surface area contributed by atoms with Gasteiger partial charge in [0.2, 0.25) is 0 Å². The minimum atomic E-state index is -1.71. The molecule has 3 N–H and O–H groups in total. The molecule has 0 amide bonds. The maximum atomic E-state index is 10.5. The smallest absolute Gasteiger partial charge is 0.372 e. The van der Waals surface area contributed by atoms with E-state index in [2.05, 4.69) is 0 Å². The van der Waals surface area contributed by atoms with E-state index < -0.39 is 30.1 Å². The fourth-order valence-corrected chi connectivity index (χ4v) is 0.749. The summed E-state index contributed by atoms with van der Waals surface area (Å²) in [4.78, 5) is 49.6. The van der Waals surface area contributed by atoms with Gasteiger partial charge < -0.3 is 15.3 Å². The Morgan fingerprint density at radius 1 is 0.833 bits per heavy atom. The molecule has 0 aliphatic rings. The molecule has 0 aromatic rings. The van der Waals surface area contributed by atoms with E-state index in [0.29, 0.717) is 6.42 Å². The average Bonchev–Trinajstić information content (AvgIpc) is 2.16. The maximum Gasteiger partial charge on any atom is 0.372 e. The molecule has 0 radical (unpaired) electrons. The molecule has 0 aromatic carbocycles. The van der Waals surface area contributed by atoms with Crippen LogP contribution in [0.25, 0.3) is 0 Å². The molecule has 0 saturated heterocycles. The summed E-state index contributed by atoms with van der Waals surface area (Å²) in [7, 11) is 0. The van der Waals surface area contributed by atoms with Crippen molar-refractivity contribution in [2.45, 2.75) is 32.6 Å². The van der Waals surface area contributed by atoms with Gasteiger partial charge in [0, 0.05) is 6.42 Å². The van der Waals surface area contributed by atoms with E-state index in [1.807, 2.05) is 6.92 Å². The van der Waals surface area contributed by atoms with Crippen LogP contribution in [0.4, 0.5) is 0 Å². The fraction of sp³-hybridized carbons (Fsp3) is 0.500. The summed E-state index contributed by atoms with van der Waals surface area (Å²) >= 11 is 0. The number of carboxylic acid groups (broad SMARTS) is 3. The second-order valence-corrected chi connectivity index (χ2v) is 3.16. The number of hydrogen-bond donors (Lipinski definition) is 3. The molecule has 0 spiro atoms. The normalized spacial score (nSPS) is 8.72. The van der Waals surface area contributed by atoms with Gasteiger partial charge in [-0.3, -0.25) is 19.2 Å². The zero-order valence-corrected chi connectivity index (χ0v) is 9.71. The summed E-state index contributed by atoms with van der Waals surface area (Å²) in [6.45, 7) is 1.85. The van der Waals surface area contributed by atoms with E-state index in [4.69, 9.17) is 15.3 Å². The van der Waals surface area contributed by atoms with Crippen molar-refractivity contribution >= 4 is 29.5 Å². The lowest BCUT2D eigenvalue weighted by Crippen LogP contribution is -2.16. The molecule has 0 unspecified atom stereocenters. The number of rotatable bonds is 7. The first kappa shape index (κ1) is 18.1. The van der Waals surface area contributed by atoms with Crippen molar-refractivity contribution in [1.82, 2.24) is 0 Å². The minimum Gasteiger partial charge on any atom is -0.481 e. The molecular formula is C10H14O8. The van der Waals surface area contributed by atoms with Crippen molar-refractivity contribution < 1.29 is 39.3 Å². The van der Waals surface area contributed by atoms with Crippen LogP contribution in [0.15, 0.2) is 0 Å². The van der Waals surface area contributed by atoms with Gasteiger partial charge >= 0.3 is 17.9 Å². The van der Waals surface area contributed by atoms with Crippen LogP contribution in [-0.2, 0) is 24.0 Å². The highest BCUT2D eigenvalue weighted by Crippen LogP contribution is 1.92. The van der Waals surface area contributed by atoms with Crippen LogP contribution in [0, 0.1) is 0 Å². The van der Waals surface area contributed by atoms with E-state index in [9.17, 15) is 24.0 Å². The second-order valence-electron chi connectivity index (χ2n) is 3.16. The molecule has 0 heterocycles. The SMILES string of the molecule is CCCC(=O)CC(=O)O.O=C(O)CC(=O)C(=O)O. The van der Waals surface area contributed by atoms with Crippen molar-refractivity contribution in [2.75, 3.05) is 0 Å². The highest BCUT2D eigenvalue weighted by molar-refractivity contribution is 6.35. The Bertz CT molecular complexity index is 344. The molecule has 0 fully saturated rings. The van der Waals surface area contributed by atoms with Crippen LogP contribution in [0.2, 0.25) is 0 Å². The van der Waals surface area contributed by atoms with Crippen LogP contribution in [-0.4, -0.2) is 44.8 Å². The quantitative estimate of drug-likeness (QED) is 0.427. The van der Waals surface area contributed by atoms with Crippen LogP contribution in [0.1, 0.15) is 32.6 Å². The number of carboxylic acids is 3. The molecule has 0 atom stereocenters. The lowest BCUT2D eigenvalue weighted by molar-refractivity contribution is -0.152. The van der Waals surface area contributed by atoms with Gasteiger partial charge in [-0.05, 0) is 6.42 Å². The van der Waals surface area contributed by atoms with Crippen molar-refractivity contribution in [3.63, 3.8) is 0 Å². The van der Waals surface area contributed by atoms with E-state index >= 15 is 0 Å². The van der Waals surface area contributed by atoms with Crippen LogP contribution in [0.5, 0.6) is 0 Å². The lowest BCUT2D eigenvalue weighted by atomic mass is 10.2. The number of carbonyl (C=O) groups excluding carboxylic acids is 2. The Morgan fingerprint density at radius 3 is 1.50 bits per heavy atom. The van der Waals surface area contributed by atoms with Gasteiger partial charge in [-0.1, -0.05) is 6.92 Å². The monoisotopic (exact) mass is 262 g/mol. The van der Waals surface area contributed by atoms with Gasteiger partial charge in [0.25, 0.3) is 5.78 Å². The Hall–Kier alpha value is -2.25. The maximum absolute atomic E-state index is 10.5. The van der Waals surface area contributed by atoms with Crippen LogP contribution < -0.4 is 0 Å². The molecule has 0 bridgehead atoms. The molecule has 0 saturated carbocycles. The highest BCUT2D eigenvalue weighted by atomic mass is 16.4. The van der Waals surface area contributed by atoms with Crippen LogP contribution in [0.3, 0.4) is 0 Å². The molecule has 8 nitrogen and oxygen atoms in total. The van der Waals surface area contributed by atoms with E-state index in [0.717, 1.165) is 6.42 Å². The molecule has 8 heteroatoms. The third kappa shape index (κ3) is 13.8. The Morgan fingerprint density at radius 2 is 1.28 bits per heavy atom. The number of ketones is 2. The van der Waals surface area contributed by atoms with Crippen molar-refractivity contribution in [1.29, 1.82) is 0 Å². The molecule has 0 aromatic heterocycles. The summed E-state index contributed by atoms with van der Waals surface area (Å²) in [6.07, 6.45) is -0.165. The van der Waals surface area contributed by atoms with Gasteiger partial charge in [0.1, 0.15) is 18.6 Å². The minimum absolute atomic E-state index is 0.190. The van der Waals surface area contributed by atoms with Gasteiger partial charge in [0.15, 0.2) is 0 Å². The number of Topliss-reactive ketones (excluding diaryl/α,β-unsaturated/α-hetero) is 2. The van der Waals surface area contributed by atoms with E-state index in [1.54, 1.807) is 0 Å². The molecule has 0 aliphatic carbocycles. The van der Waals surface area contributed by atoms with Gasteiger partial charge in [-0.25, -0.2) is 4.79 Å². The highest BCUT2D eigenvalue weighted by Gasteiger charge is 2.14. The predicted molar refractivity (Wildman–Crippen MR) is 57.1 cm³/mol. The van der Waals surface area contributed by atoms with E-state index in [1.165, 1.54) is 0 Å². The second kappa shape index (κ2) is 9.94. The first-order valence-corrected chi connectivity index (χ1v) is 4.92. The number of carbonyl (C=O) groups is 5. The summed E-state index contributed by atoms with van der Waals surface area (Å²) in [6, 6.07) is 0. The average molecular weight is 262 g/mol. The predicted octanol–water partition coefficient (Wildman–Crippen LogP) is -0.0549. The van der Waals surface area contributed by atoms with Crippen molar-refractivity contribution in [3.05, 3.63) is 0 Å². The topological polar surface area (TPSA) is 146 Å². The third-order valence-electron chi connectivity index (χ3n) is 1.43. The molecule has 18 heavy (non-hydrogen) atoms. The molecule has 0 aliphatic heterocycles. The summed E-state index contributed by atoms with van der Waals surface area (Å²) in [5.41, 5.74) is 0. The Labute approximate surface area is 102 Å². The van der Waals surface area contributed by atoms with Crippen molar-refractivity contribution in [3.8, 4) is 0 Å². The largest absolute Gasteiger partial charge is 0.481 e. The summed E-state index contributed by atoms with van der Waals surface area (Å²) < 4.78 is 0. The fourth-order valence-electron chi connectivity index (χ4n) is 0.749. The third-order valence-corrected chi connectivity index (χ3v) is 1.43. The van der Waals surface area contributed by atoms with Gasteiger partial charge in [0.05, 0.1) is 0 Å². The summed E-state index contributed by atoms with van der Waals surface area (Å²) in [5, 5.41) is 23.8. The van der Waals surface area contributed by atoms with E-state index in [-0.39, 0.29) is 12.2 Å². The van der Waals surface area contributed by atoms with Crippen molar-refractivity contribution in [2.24, 2.45) is 0 Å². The first-order valence-electron chi connectivity index (χ1n) is 4.92. The van der Waals surface area contributed by atoms with Gasteiger partial charge in [-0.2, -0.15) is 0 Å². The standard InChI is InChI=1S/C6H10O3.C4H4O5/c1-2-3-5(7)4-6(8)9;5-2(4(8)9)1-3(6)7/h2-4H2,1H3,(H,8,9);1H2,(H,6,7)(H,8,9). The lowest BCUT2D eigenvalue weighted by Gasteiger charge is -1.90. The first-order chi connectivity index (χ1) is 8.20. The van der Waals surface area contributed by atoms with Gasteiger partial charge in [-0.15, -0.1) is 0 Å².